The second kappa shape index (κ2) is 5.63. The number of nitrogens with zero attached hydrogens (tertiary/aromatic N) is 3. The van der Waals surface area contributed by atoms with Gasteiger partial charge in [0.2, 0.25) is 0 Å². The van der Waals surface area contributed by atoms with Gasteiger partial charge in [0, 0.05) is 11.8 Å². The zero-order chi connectivity index (χ0) is 15.8. The number of aryl methyl sites for hydroxylation is 1. The van der Waals surface area contributed by atoms with Crippen molar-refractivity contribution in [2.45, 2.75) is 6.92 Å². The largest absolute Gasteiger partial charge is 0.236 e. The molecule has 4 rings (SSSR count). The molecule has 0 fully saturated rings. The van der Waals surface area contributed by atoms with Crippen molar-refractivity contribution in [2.75, 3.05) is 0 Å². The summed E-state index contributed by atoms with van der Waals surface area (Å²) in [6.45, 7) is 1.97. The fourth-order valence-electron chi connectivity index (χ4n) is 2.71. The van der Waals surface area contributed by atoms with Gasteiger partial charge in [-0.1, -0.05) is 54.6 Å². The van der Waals surface area contributed by atoms with Crippen molar-refractivity contribution in [3.8, 4) is 22.4 Å². The van der Waals surface area contributed by atoms with Crippen molar-refractivity contribution in [1.82, 2.24) is 14.6 Å². The Hall–Kier alpha value is -2.46. The highest BCUT2D eigenvalue weighted by atomic mass is 79.9. The van der Waals surface area contributed by atoms with Crippen LogP contribution in [0, 0.1) is 6.92 Å². The van der Waals surface area contributed by atoms with Crippen LogP contribution in [0.3, 0.4) is 0 Å². The molecule has 23 heavy (non-hydrogen) atoms. The molecular formula is C19H14BrN3. The monoisotopic (exact) mass is 363 g/mol. The van der Waals surface area contributed by atoms with Crippen molar-refractivity contribution < 1.29 is 0 Å². The first-order valence-electron chi connectivity index (χ1n) is 7.40. The lowest BCUT2D eigenvalue weighted by atomic mass is 10.0. The Bertz CT molecular complexity index is 973. The molecule has 0 bridgehead atoms. The number of hydrogen-bond donors (Lipinski definition) is 0. The van der Waals surface area contributed by atoms with E-state index in [2.05, 4.69) is 74.5 Å². The Morgan fingerprint density at radius 3 is 2.22 bits per heavy atom. The number of fused-ring (bicyclic) bond motifs is 1. The zero-order valence-corrected chi connectivity index (χ0v) is 14.2. The van der Waals surface area contributed by atoms with Gasteiger partial charge in [0.25, 0.3) is 0 Å². The van der Waals surface area contributed by atoms with Crippen LogP contribution < -0.4 is 0 Å². The van der Waals surface area contributed by atoms with E-state index in [1.54, 1.807) is 0 Å². The molecule has 0 amide bonds. The first-order chi connectivity index (χ1) is 11.2. The zero-order valence-electron chi connectivity index (χ0n) is 12.6. The maximum Gasteiger partial charge on any atom is 0.170 e. The highest BCUT2D eigenvalue weighted by Gasteiger charge is 2.11. The van der Waals surface area contributed by atoms with Gasteiger partial charge in [0.05, 0.1) is 15.9 Å². The van der Waals surface area contributed by atoms with Crippen LogP contribution in [0.25, 0.3) is 28.0 Å². The van der Waals surface area contributed by atoms with Gasteiger partial charge >= 0.3 is 0 Å². The molecule has 0 saturated carbocycles. The van der Waals surface area contributed by atoms with Crippen molar-refractivity contribution in [1.29, 1.82) is 0 Å². The van der Waals surface area contributed by atoms with E-state index >= 15 is 0 Å². The van der Waals surface area contributed by atoms with Crippen LogP contribution in [0.2, 0.25) is 0 Å². The molecule has 2 aromatic carbocycles. The fraction of sp³-hybridized carbons (Fsp3) is 0.0526. The lowest BCUT2D eigenvalue weighted by Gasteiger charge is -2.06. The molecule has 112 valence electrons. The topological polar surface area (TPSA) is 30.2 Å². The van der Waals surface area contributed by atoms with Gasteiger partial charge in [0.15, 0.2) is 5.65 Å². The predicted octanol–water partition coefficient (Wildman–Crippen LogP) is 5.13. The number of hydrogen-bond acceptors (Lipinski definition) is 2. The van der Waals surface area contributed by atoms with Gasteiger partial charge in [-0.25, -0.2) is 9.50 Å². The minimum atomic E-state index is 0.840. The van der Waals surface area contributed by atoms with Crippen LogP contribution in [0.15, 0.2) is 71.3 Å². The van der Waals surface area contributed by atoms with Gasteiger partial charge in [-0.05, 0) is 40.0 Å². The van der Waals surface area contributed by atoms with Crippen LogP contribution in [-0.2, 0) is 0 Å². The number of rotatable bonds is 2. The molecular weight excluding hydrogens is 350 g/mol. The third-order valence-corrected chi connectivity index (χ3v) is 4.84. The van der Waals surface area contributed by atoms with Gasteiger partial charge in [0.1, 0.15) is 0 Å². The van der Waals surface area contributed by atoms with E-state index in [0.717, 1.165) is 27.1 Å². The van der Waals surface area contributed by atoms with Crippen molar-refractivity contribution >= 4 is 21.6 Å². The van der Waals surface area contributed by atoms with Crippen LogP contribution in [-0.4, -0.2) is 14.6 Å². The Morgan fingerprint density at radius 2 is 1.48 bits per heavy atom. The van der Waals surface area contributed by atoms with Crippen LogP contribution in [0.4, 0.5) is 0 Å². The van der Waals surface area contributed by atoms with Crippen LogP contribution >= 0.6 is 15.9 Å². The molecule has 0 aliphatic heterocycles. The summed E-state index contributed by atoms with van der Waals surface area (Å²) < 4.78 is 2.83. The normalized spacial score (nSPS) is 11.0. The second-order valence-electron chi connectivity index (χ2n) is 5.41. The average molecular weight is 364 g/mol. The molecule has 4 heteroatoms. The van der Waals surface area contributed by atoms with Crippen molar-refractivity contribution in [3.05, 3.63) is 77.0 Å². The van der Waals surface area contributed by atoms with Gasteiger partial charge in [-0.3, -0.25) is 0 Å². The van der Waals surface area contributed by atoms with E-state index < -0.39 is 0 Å². The van der Waals surface area contributed by atoms with Crippen LogP contribution in [0.5, 0.6) is 0 Å². The average Bonchev–Trinajstić information content (AvgIpc) is 2.91. The number of aromatic nitrogens is 3. The summed E-state index contributed by atoms with van der Waals surface area (Å²) in [5, 5.41) is 4.58. The molecule has 0 atom stereocenters. The Kier molecular flexibility index (Phi) is 3.46. The fourth-order valence-corrected chi connectivity index (χ4v) is 3.06. The van der Waals surface area contributed by atoms with E-state index in [4.69, 9.17) is 0 Å². The number of halogens is 1. The SMILES string of the molecule is Cc1nn2c(-c3ccc(-c4ccccc4)cc3)ccnc2c1Br. The first kappa shape index (κ1) is 14.2. The molecule has 0 radical (unpaired) electrons. The van der Waals surface area contributed by atoms with E-state index in [1.165, 1.54) is 11.1 Å². The standard InChI is InChI=1S/C19H14BrN3/c1-13-18(20)19-21-12-11-17(23(19)22-13)16-9-7-15(8-10-16)14-5-3-2-4-6-14/h2-12H,1H3. The predicted molar refractivity (Wildman–Crippen MR) is 96.3 cm³/mol. The summed E-state index contributed by atoms with van der Waals surface area (Å²) in [5.41, 5.74) is 6.35. The van der Waals surface area contributed by atoms with E-state index in [0.29, 0.717) is 0 Å². The Labute approximate surface area is 142 Å². The molecule has 2 aromatic heterocycles. The van der Waals surface area contributed by atoms with Gasteiger partial charge in [-0.15, -0.1) is 0 Å². The second-order valence-corrected chi connectivity index (χ2v) is 6.20. The molecule has 0 N–H and O–H groups in total. The van der Waals surface area contributed by atoms with Crippen molar-refractivity contribution in [2.24, 2.45) is 0 Å². The lowest BCUT2D eigenvalue weighted by Crippen LogP contribution is -1.95. The molecule has 4 aromatic rings. The summed E-state index contributed by atoms with van der Waals surface area (Å²) in [6, 6.07) is 20.9. The molecule has 0 saturated heterocycles. The minimum Gasteiger partial charge on any atom is -0.236 e. The van der Waals surface area contributed by atoms with E-state index in [9.17, 15) is 0 Å². The molecule has 2 heterocycles. The van der Waals surface area contributed by atoms with Crippen LogP contribution in [0.1, 0.15) is 5.69 Å². The highest BCUT2D eigenvalue weighted by Crippen LogP contribution is 2.27. The van der Waals surface area contributed by atoms with Gasteiger partial charge in [-0.2, -0.15) is 5.10 Å². The third kappa shape index (κ3) is 2.45. The summed E-state index contributed by atoms with van der Waals surface area (Å²) in [5.74, 6) is 0. The highest BCUT2D eigenvalue weighted by molar-refractivity contribution is 9.10. The summed E-state index contributed by atoms with van der Waals surface area (Å²) in [7, 11) is 0. The quantitative estimate of drug-likeness (QED) is 0.493. The minimum absolute atomic E-state index is 0.840. The van der Waals surface area contributed by atoms with Crippen molar-refractivity contribution in [3.63, 3.8) is 0 Å². The Balaban J connectivity index is 1.81. The summed E-state index contributed by atoms with van der Waals surface area (Å²) >= 11 is 3.55. The maximum absolute atomic E-state index is 4.58. The molecule has 0 aliphatic rings. The summed E-state index contributed by atoms with van der Waals surface area (Å²) in [4.78, 5) is 4.41. The molecule has 0 unspecified atom stereocenters. The first-order valence-corrected chi connectivity index (χ1v) is 8.19. The molecule has 0 aliphatic carbocycles. The van der Waals surface area contributed by atoms with Gasteiger partial charge < -0.3 is 0 Å². The summed E-state index contributed by atoms with van der Waals surface area (Å²) in [6.07, 6.45) is 1.82. The number of benzene rings is 2. The molecule has 3 nitrogen and oxygen atoms in total. The Morgan fingerprint density at radius 1 is 0.826 bits per heavy atom. The van der Waals surface area contributed by atoms with E-state index in [1.807, 2.05) is 29.8 Å². The lowest BCUT2D eigenvalue weighted by molar-refractivity contribution is 0.925. The molecule has 0 spiro atoms. The smallest absolute Gasteiger partial charge is 0.170 e. The van der Waals surface area contributed by atoms with E-state index in [-0.39, 0.29) is 0 Å². The third-order valence-electron chi connectivity index (χ3n) is 3.91. The maximum atomic E-state index is 4.58.